The monoisotopic (exact) mass is 808 g/mol. The summed E-state index contributed by atoms with van der Waals surface area (Å²) in [5.41, 5.74) is 13.4. The Hall–Kier alpha value is -7.92. The molecule has 0 fully saturated rings. The summed E-state index contributed by atoms with van der Waals surface area (Å²) >= 11 is 1.87. The lowest BCUT2D eigenvalue weighted by molar-refractivity contribution is 0.669. The second kappa shape index (κ2) is 13.8. The van der Waals surface area contributed by atoms with Gasteiger partial charge in [0.1, 0.15) is 11.2 Å². The van der Waals surface area contributed by atoms with E-state index < -0.39 is 0 Å². The van der Waals surface area contributed by atoms with Crippen molar-refractivity contribution in [1.29, 1.82) is 0 Å². The van der Waals surface area contributed by atoms with Crippen molar-refractivity contribution in [1.82, 2.24) is 4.57 Å². The maximum atomic E-state index is 6.45. The number of fused-ring (bicyclic) bond motifs is 11. The molecule has 0 atom stereocenters. The summed E-state index contributed by atoms with van der Waals surface area (Å²) in [6.07, 6.45) is 0. The van der Waals surface area contributed by atoms with Crippen molar-refractivity contribution in [3.8, 4) is 27.9 Å². The molecule has 10 aromatic carbocycles. The van der Waals surface area contributed by atoms with Crippen molar-refractivity contribution in [3.05, 3.63) is 218 Å². The van der Waals surface area contributed by atoms with Crippen molar-refractivity contribution < 1.29 is 4.42 Å². The molecule has 3 heterocycles. The van der Waals surface area contributed by atoms with Crippen LogP contribution in [0.5, 0.6) is 0 Å². The number of furan rings is 1. The molecule has 3 aromatic heterocycles. The summed E-state index contributed by atoms with van der Waals surface area (Å²) in [4.78, 5) is 2.36. The van der Waals surface area contributed by atoms with Gasteiger partial charge in [0.25, 0.3) is 0 Å². The standard InChI is InChI=1S/C58H36N2OS/c1-3-12-38(13-4-1)46-19-11-20-52-50-33-29-44(36-56(50)62-58(46)52)59(43-28-32-49-48-18-9-10-21-54(48)61-55(49)35-43)42-26-22-37(23-27-42)40-25-30-47-51-31-24-39-14-7-8-17-45(39)57(51)60(53(47)34-40)41-15-5-2-6-16-41/h1-36H. The molecule has 0 spiro atoms. The van der Waals surface area contributed by atoms with Crippen LogP contribution in [-0.2, 0) is 0 Å². The van der Waals surface area contributed by atoms with Gasteiger partial charge in [0.05, 0.1) is 11.0 Å². The van der Waals surface area contributed by atoms with Crippen LogP contribution in [0.3, 0.4) is 0 Å². The van der Waals surface area contributed by atoms with Gasteiger partial charge < -0.3 is 13.9 Å². The Kier molecular flexibility index (Phi) is 7.78. The van der Waals surface area contributed by atoms with Crippen molar-refractivity contribution in [2.24, 2.45) is 0 Å². The summed E-state index contributed by atoms with van der Waals surface area (Å²) in [6, 6.07) is 79.1. The topological polar surface area (TPSA) is 21.3 Å². The summed E-state index contributed by atoms with van der Waals surface area (Å²) in [5, 5.41) is 9.79. The van der Waals surface area contributed by atoms with Gasteiger partial charge in [-0.1, -0.05) is 152 Å². The van der Waals surface area contributed by atoms with E-state index in [0.717, 1.165) is 50.3 Å². The van der Waals surface area contributed by atoms with Crippen LogP contribution in [0.2, 0.25) is 0 Å². The minimum atomic E-state index is 0.871. The highest BCUT2D eigenvalue weighted by molar-refractivity contribution is 7.26. The van der Waals surface area contributed by atoms with Crippen molar-refractivity contribution >= 4 is 103 Å². The van der Waals surface area contributed by atoms with Gasteiger partial charge in [-0.05, 0) is 88.3 Å². The number of hydrogen-bond acceptors (Lipinski definition) is 3. The van der Waals surface area contributed by atoms with Crippen LogP contribution in [0, 0.1) is 0 Å². The Morgan fingerprint density at radius 3 is 1.89 bits per heavy atom. The average Bonchev–Trinajstić information content (AvgIpc) is 4.01. The third-order valence-corrected chi connectivity index (χ3v) is 13.8. The minimum Gasteiger partial charge on any atom is -0.456 e. The highest BCUT2D eigenvalue weighted by atomic mass is 32.1. The van der Waals surface area contributed by atoms with Gasteiger partial charge in [-0.3, -0.25) is 0 Å². The number of para-hydroxylation sites is 2. The van der Waals surface area contributed by atoms with E-state index in [2.05, 4.69) is 216 Å². The maximum Gasteiger partial charge on any atom is 0.137 e. The second-order valence-corrected chi connectivity index (χ2v) is 17.1. The fraction of sp³-hybridized carbons (Fsp3) is 0. The number of aromatic nitrogens is 1. The van der Waals surface area contributed by atoms with Crippen LogP contribution in [-0.4, -0.2) is 4.57 Å². The third kappa shape index (κ3) is 5.44. The molecule has 290 valence electrons. The molecular formula is C58H36N2OS. The molecule has 62 heavy (non-hydrogen) atoms. The van der Waals surface area contributed by atoms with Gasteiger partial charge in [0, 0.05) is 75.9 Å². The number of benzene rings is 10. The highest BCUT2D eigenvalue weighted by Crippen LogP contribution is 2.45. The molecule has 0 aliphatic rings. The Labute approximate surface area is 361 Å². The molecule has 0 amide bonds. The molecule has 0 saturated heterocycles. The van der Waals surface area contributed by atoms with Crippen molar-refractivity contribution in [2.75, 3.05) is 4.90 Å². The van der Waals surface area contributed by atoms with Crippen molar-refractivity contribution in [3.63, 3.8) is 0 Å². The number of anilines is 3. The van der Waals surface area contributed by atoms with E-state index >= 15 is 0 Å². The first kappa shape index (κ1) is 34.9. The molecule has 0 aliphatic carbocycles. The minimum absolute atomic E-state index is 0.871. The van der Waals surface area contributed by atoms with E-state index in [4.69, 9.17) is 4.42 Å². The van der Waals surface area contributed by atoms with E-state index in [1.54, 1.807) is 0 Å². The molecule has 4 heteroatoms. The largest absolute Gasteiger partial charge is 0.456 e. The molecule has 0 aliphatic heterocycles. The van der Waals surface area contributed by atoms with Crippen LogP contribution >= 0.6 is 11.3 Å². The van der Waals surface area contributed by atoms with Crippen LogP contribution in [0.4, 0.5) is 17.1 Å². The van der Waals surface area contributed by atoms with Gasteiger partial charge in [-0.15, -0.1) is 11.3 Å². The summed E-state index contributed by atoms with van der Waals surface area (Å²) in [7, 11) is 0. The molecule has 0 bridgehead atoms. The zero-order valence-electron chi connectivity index (χ0n) is 33.5. The lowest BCUT2D eigenvalue weighted by atomic mass is 10.0. The predicted octanol–water partition coefficient (Wildman–Crippen LogP) is 17.0. The third-order valence-electron chi connectivity index (χ3n) is 12.6. The van der Waals surface area contributed by atoms with E-state index in [1.807, 2.05) is 23.5 Å². The Balaban J connectivity index is 0.961. The quantitative estimate of drug-likeness (QED) is 0.167. The van der Waals surface area contributed by atoms with Crippen LogP contribution in [0.15, 0.2) is 223 Å². The normalized spacial score (nSPS) is 11.9. The van der Waals surface area contributed by atoms with Gasteiger partial charge >= 0.3 is 0 Å². The highest BCUT2D eigenvalue weighted by Gasteiger charge is 2.20. The molecule has 0 saturated carbocycles. The van der Waals surface area contributed by atoms with Gasteiger partial charge in [0.2, 0.25) is 0 Å². The number of nitrogens with zero attached hydrogens (tertiary/aromatic N) is 2. The molecule has 0 radical (unpaired) electrons. The van der Waals surface area contributed by atoms with Gasteiger partial charge in [0.15, 0.2) is 0 Å². The van der Waals surface area contributed by atoms with Crippen LogP contribution in [0.25, 0.3) is 103 Å². The predicted molar refractivity (Wildman–Crippen MR) is 264 cm³/mol. The zero-order valence-corrected chi connectivity index (χ0v) is 34.3. The maximum absolute atomic E-state index is 6.45. The number of thiophene rings is 1. The second-order valence-electron chi connectivity index (χ2n) is 16.1. The van der Waals surface area contributed by atoms with E-state index in [-0.39, 0.29) is 0 Å². The SMILES string of the molecule is c1ccc(-c2cccc3c2sc2cc(N(c4ccc(-c5ccc6c7ccc8ccccc8c7n(-c7ccccc7)c6c5)cc4)c4ccc5c(c4)oc4ccccc45)ccc23)cc1. The van der Waals surface area contributed by atoms with Gasteiger partial charge in [-0.25, -0.2) is 0 Å². The zero-order chi connectivity index (χ0) is 40.7. The molecule has 13 aromatic rings. The smallest absolute Gasteiger partial charge is 0.137 e. The molecular weight excluding hydrogens is 773 g/mol. The van der Waals surface area contributed by atoms with Crippen LogP contribution < -0.4 is 4.90 Å². The summed E-state index contributed by atoms with van der Waals surface area (Å²) in [5.74, 6) is 0. The van der Waals surface area contributed by atoms with E-state index in [1.165, 1.54) is 69.4 Å². The molecule has 13 rings (SSSR count). The van der Waals surface area contributed by atoms with E-state index in [0.29, 0.717) is 0 Å². The van der Waals surface area contributed by atoms with E-state index in [9.17, 15) is 0 Å². The Bertz CT molecular complexity index is 3860. The lowest BCUT2D eigenvalue weighted by Gasteiger charge is -2.26. The summed E-state index contributed by atoms with van der Waals surface area (Å²) in [6.45, 7) is 0. The van der Waals surface area contributed by atoms with Crippen molar-refractivity contribution in [2.45, 2.75) is 0 Å². The fourth-order valence-electron chi connectivity index (χ4n) is 9.68. The van der Waals surface area contributed by atoms with Gasteiger partial charge in [-0.2, -0.15) is 0 Å². The number of hydrogen-bond donors (Lipinski definition) is 0. The molecule has 0 unspecified atom stereocenters. The van der Waals surface area contributed by atoms with Crippen LogP contribution in [0.1, 0.15) is 0 Å². The lowest BCUT2D eigenvalue weighted by Crippen LogP contribution is -2.09. The first-order valence-corrected chi connectivity index (χ1v) is 21.9. The molecule has 3 nitrogen and oxygen atoms in total. The molecule has 0 N–H and O–H groups in total. The fourth-order valence-corrected chi connectivity index (χ4v) is 10.9. The first-order chi connectivity index (χ1) is 30.7. The number of rotatable bonds is 6. The average molecular weight is 809 g/mol. The first-order valence-electron chi connectivity index (χ1n) is 21.1. The summed E-state index contributed by atoms with van der Waals surface area (Å²) < 4.78 is 11.5. The Morgan fingerprint density at radius 2 is 1.03 bits per heavy atom. The Morgan fingerprint density at radius 1 is 0.387 bits per heavy atom.